The highest BCUT2D eigenvalue weighted by Crippen LogP contribution is 2.24. The van der Waals surface area contributed by atoms with E-state index in [1.165, 1.54) is 43.4 Å². The topological polar surface area (TPSA) is 62.1 Å². The number of benzene rings is 2. The standard InChI is InChI=1S/C16H12F2N2O2/c1-10-13(16(21)20-9-19)5-6-14(15(10)18)22-8-11-3-2-4-12(17)7-11/h2-7H,8H2,1H3,(H,20,21). The van der Waals surface area contributed by atoms with Gasteiger partial charge in [0.15, 0.2) is 17.8 Å². The van der Waals surface area contributed by atoms with Crippen molar-refractivity contribution in [2.24, 2.45) is 0 Å². The zero-order chi connectivity index (χ0) is 16.1. The van der Waals surface area contributed by atoms with Crippen molar-refractivity contribution < 1.29 is 18.3 Å². The molecule has 2 rings (SSSR count). The summed E-state index contributed by atoms with van der Waals surface area (Å²) in [6.45, 7) is 1.41. The molecule has 0 saturated carbocycles. The molecule has 2 aromatic rings. The Morgan fingerprint density at radius 2 is 2.09 bits per heavy atom. The number of carbonyl (C=O) groups is 1. The van der Waals surface area contributed by atoms with E-state index in [4.69, 9.17) is 10.00 Å². The molecule has 0 atom stereocenters. The van der Waals surface area contributed by atoms with Gasteiger partial charge in [0.05, 0.1) is 0 Å². The maximum Gasteiger partial charge on any atom is 0.264 e. The fourth-order valence-corrected chi connectivity index (χ4v) is 1.92. The van der Waals surface area contributed by atoms with Crippen molar-refractivity contribution >= 4 is 5.91 Å². The summed E-state index contributed by atoms with van der Waals surface area (Å²) >= 11 is 0. The second-order valence-electron chi connectivity index (χ2n) is 4.53. The van der Waals surface area contributed by atoms with E-state index in [1.54, 1.807) is 6.07 Å². The van der Waals surface area contributed by atoms with Crippen molar-refractivity contribution in [2.75, 3.05) is 0 Å². The Morgan fingerprint density at radius 1 is 1.32 bits per heavy atom. The molecule has 0 aliphatic heterocycles. The van der Waals surface area contributed by atoms with E-state index in [9.17, 15) is 13.6 Å². The third kappa shape index (κ3) is 3.38. The molecule has 0 aliphatic rings. The van der Waals surface area contributed by atoms with Crippen molar-refractivity contribution in [2.45, 2.75) is 13.5 Å². The number of hydrogen-bond acceptors (Lipinski definition) is 3. The lowest BCUT2D eigenvalue weighted by atomic mass is 10.1. The molecule has 0 saturated heterocycles. The minimum absolute atomic E-state index is 0.00212. The summed E-state index contributed by atoms with van der Waals surface area (Å²) in [5, 5.41) is 10.3. The van der Waals surface area contributed by atoms with E-state index in [0.717, 1.165) is 0 Å². The van der Waals surface area contributed by atoms with Crippen molar-refractivity contribution in [1.82, 2.24) is 5.32 Å². The maximum absolute atomic E-state index is 14.2. The third-order valence-electron chi connectivity index (χ3n) is 3.05. The zero-order valence-electron chi connectivity index (χ0n) is 11.7. The predicted molar refractivity (Wildman–Crippen MR) is 74.9 cm³/mol. The van der Waals surface area contributed by atoms with Crippen molar-refractivity contribution in [3.05, 3.63) is 64.7 Å². The summed E-state index contributed by atoms with van der Waals surface area (Å²) in [6.07, 6.45) is 1.49. The van der Waals surface area contributed by atoms with Crippen LogP contribution in [0, 0.1) is 30.0 Å². The van der Waals surface area contributed by atoms with Gasteiger partial charge in [-0.25, -0.2) is 8.78 Å². The lowest BCUT2D eigenvalue weighted by Gasteiger charge is -2.11. The number of nitrogens with zero attached hydrogens (tertiary/aromatic N) is 1. The molecule has 0 bridgehead atoms. The summed E-state index contributed by atoms with van der Waals surface area (Å²) in [4.78, 5) is 11.6. The van der Waals surface area contributed by atoms with E-state index in [1.807, 2.05) is 5.32 Å². The third-order valence-corrected chi connectivity index (χ3v) is 3.05. The first-order valence-electron chi connectivity index (χ1n) is 6.38. The molecule has 0 heterocycles. The van der Waals surface area contributed by atoms with E-state index in [-0.39, 0.29) is 23.5 Å². The van der Waals surface area contributed by atoms with Crippen LogP contribution in [0.1, 0.15) is 21.5 Å². The quantitative estimate of drug-likeness (QED) is 0.697. The van der Waals surface area contributed by atoms with Crippen molar-refractivity contribution in [3.8, 4) is 11.9 Å². The van der Waals surface area contributed by atoms with Gasteiger partial charge >= 0.3 is 0 Å². The first-order chi connectivity index (χ1) is 10.5. The smallest absolute Gasteiger partial charge is 0.264 e. The van der Waals surface area contributed by atoms with Crippen LogP contribution in [0.5, 0.6) is 5.75 Å². The first-order valence-corrected chi connectivity index (χ1v) is 6.38. The molecule has 0 spiro atoms. The Labute approximate surface area is 125 Å². The van der Waals surface area contributed by atoms with Gasteiger partial charge < -0.3 is 4.74 Å². The molecule has 0 aliphatic carbocycles. The average Bonchev–Trinajstić information content (AvgIpc) is 2.49. The van der Waals surface area contributed by atoms with Crippen molar-refractivity contribution in [3.63, 3.8) is 0 Å². The van der Waals surface area contributed by atoms with E-state index in [0.29, 0.717) is 5.56 Å². The molecular weight excluding hydrogens is 290 g/mol. The van der Waals surface area contributed by atoms with Gasteiger partial charge in [-0.3, -0.25) is 10.1 Å². The molecular formula is C16H12F2N2O2. The van der Waals surface area contributed by atoms with Gasteiger partial charge in [0.1, 0.15) is 12.4 Å². The number of ether oxygens (including phenoxy) is 1. The van der Waals surface area contributed by atoms with Crippen LogP contribution >= 0.6 is 0 Å². The van der Waals surface area contributed by atoms with Gasteiger partial charge in [-0.2, -0.15) is 5.26 Å². The van der Waals surface area contributed by atoms with Crippen LogP contribution in [0.15, 0.2) is 36.4 Å². The molecule has 0 aromatic heterocycles. The van der Waals surface area contributed by atoms with Gasteiger partial charge in [0, 0.05) is 11.1 Å². The Hall–Kier alpha value is -2.94. The number of hydrogen-bond donors (Lipinski definition) is 1. The monoisotopic (exact) mass is 302 g/mol. The molecule has 4 nitrogen and oxygen atoms in total. The highest BCUT2D eigenvalue weighted by molar-refractivity contribution is 5.96. The van der Waals surface area contributed by atoms with Crippen LogP contribution in [-0.2, 0) is 6.61 Å². The fraction of sp³-hybridized carbons (Fsp3) is 0.125. The summed E-state index contributed by atoms with van der Waals surface area (Å²) in [6, 6.07) is 8.45. The van der Waals surface area contributed by atoms with Crippen molar-refractivity contribution in [1.29, 1.82) is 5.26 Å². The minimum atomic E-state index is -0.693. The van der Waals surface area contributed by atoms with E-state index in [2.05, 4.69) is 0 Å². The summed E-state index contributed by atoms with van der Waals surface area (Å²) in [5.41, 5.74) is 0.685. The van der Waals surface area contributed by atoms with Gasteiger partial charge in [0.25, 0.3) is 5.91 Å². The molecule has 6 heteroatoms. The lowest BCUT2D eigenvalue weighted by molar-refractivity contribution is 0.0971. The molecule has 1 N–H and O–H groups in total. The SMILES string of the molecule is Cc1c(C(=O)NC#N)ccc(OCc2cccc(F)c2)c1F. The summed E-state index contributed by atoms with van der Waals surface area (Å²) in [5.74, 6) is -1.82. The highest BCUT2D eigenvalue weighted by Gasteiger charge is 2.16. The normalized spacial score (nSPS) is 9.91. The van der Waals surface area contributed by atoms with Crippen LogP contribution in [0.4, 0.5) is 8.78 Å². The second-order valence-corrected chi connectivity index (χ2v) is 4.53. The van der Waals surface area contributed by atoms with Gasteiger partial charge in [-0.1, -0.05) is 12.1 Å². The Bertz CT molecular complexity index is 754. The predicted octanol–water partition coefficient (Wildman–Crippen LogP) is 3.06. The first kappa shape index (κ1) is 15.4. The van der Waals surface area contributed by atoms with Gasteiger partial charge in [-0.15, -0.1) is 0 Å². The van der Waals surface area contributed by atoms with Gasteiger partial charge in [0.2, 0.25) is 0 Å². The second kappa shape index (κ2) is 6.68. The number of nitrogens with one attached hydrogen (secondary N) is 1. The number of rotatable bonds is 4. The number of carbonyl (C=O) groups excluding carboxylic acids is 1. The molecule has 112 valence electrons. The molecule has 2 aromatic carbocycles. The number of halogens is 2. The minimum Gasteiger partial charge on any atom is -0.486 e. The van der Waals surface area contributed by atoms with E-state index >= 15 is 0 Å². The van der Waals surface area contributed by atoms with Gasteiger partial charge in [-0.05, 0) is 36.8 Å². The van der Waals surface area contributed by atoms with Crippen LogP contribution in [0.2, 0.25) is 0 Å². The van der Waals surface area contributed by atoms with Crippen LogP contribution in [0.3, 0.4) is 0 Å². The highest BCUT2D eigenvalue weighted by atomic mass is 19.1. The van der Waals surface area contributed by atoms with E-state index < -0.39 is 17.5 Å². The lowest BCUT2D eigenvalue weighted by Crippen LogP contribution is -2.19. The average molecular weight is 302 g/mol. The van der Waals surface area contributed by atoms with Crippen LogP contribution in [-0.4, -0.2) is 5.91 Å². The molecule has 0 unspecified atom stereocenters. The molecule has 0 radical (unpaired) electrons. The summed E-state index contributed by atoms with van der Waals surface area (Å²) in [7, 11) is 0. The molecule has 0 fully saturated rings. The number of nitriles is 1. The van der Waals surface area contributed by atoms with Crippen LogP contribution < -0.4 is 10.1 Å². The molecule has 22 heavy (non-hydrogen) atoms. The van der Waals surface area contributed by atoms with Crippen LogP contribution in [0.25, 0.3) is 0 Å². The Morgan fingerprint density at radius 3 is 2.77 bits per heavy atom. The Kier molecular flexibility index (Phi) is 4.69. The number of amides is 1. The maximum atomic E-state index is 14.2. The summed E-state index contributed by atoms with van der Waals surface area (Å²) < 4.78 is 32.5. The largest absolute Gasteiger partial charge is 0.486 e. The zero-order valence-corrected chi connectivity index (χ0v) is 11.7. The molecule has 1 amide bonds. The fourth-order valence-electron chi connectivity index (χ4n) is 1.92. The Balaban J connectivity index is 2.18.